The standard InChI is InChI=1S/C24H31BN2O4/c1-16(2)22(26-23(28)20-5-4-6-21(15-20)25(30)31)24(29)27-13-11-19(12-14-27)18-9-7-17(3)8-10-18/h4-10,15-16,19,22,30-31H,11-14H2,1-3H3,(H,26,28). The maximum absolute atomic E-state index is 13.2. The summed E-state index contributed by atoms with van der Waals surface area (Å²) in [6.07, 6.45) is 1.81. The van der Waals surface area contributed by atoms with Gasteiger partial charge in [0.15, 0.2) is 0 Å². The Morgan fingerprint density at radius 1 is 1.06 bits per heavy atom. The Bertz CT molecular complexity index is 906. The van der Waals surface area contributed by atoms with Crippen molar-refractivity contribution < 1.29 is 19.6 Å². The molecule has 1 atom stereocenters. The molecule has 164 valence electrons. The number of benzene rings is 2. The Balaban J connectivity index is 1.63. The second-order valence-electron chi connectivity index (χ2n) is 8.70. The number of piperidine rings is 1. The largest absolute Gasteiger partial charge is 0.488 e. The molecule has 7 heteroatoms. The van der Waals surface area contributed by atoms with Crippen LogP contribution in [0.5, 0.6) is 0 Å². The Morgan fingerprint density at radius 3 is 2.29 bits per heavy atom. The smallest absolute Gasteiger partial charge is 0.423 e. The van der Waals surface area contributed by atoms with Crippen LogP contribution >= 0.6 is 0 Å². The number of likely N-dealkylation sites (tertiary alicyclic amines) is 1. The van der Waals surface area contributed by atoms with Crippen LogP contribution in [-0.2, 0) is 4.79 Å². The lowest BCUT2D eigenvalue weighted by molar-refractivity contribution is -0.135. The molecule has 0 radical (unpaired) electrons. The van der Waals surface area contributed by atoms with Crippen LogP contribution in [0.2, 0.25) is 0 Å². The van der Waals surface area contributed by atoms with Crippen molar-refractivity contribution in [2.75, 3.05) is 13.1 Å². The van der Waals surface area contributed by atoms with Crippen molar-refractivity contribution >= 4 is 24.4 Å². The third-order valence-electron chi connectivity index (χ3n) is 6.02. The second-order valence-corrected chi connectivity index (χ2v) is 8.70. The first-order chi connectivity index (χ1) is 14.8. The fourth-order valence-corrected chi connectivity index (χ4v) is 4.05. The average Bonchev–Trinajstić information content (AvgIpc) is 2.77. The van der Waals surface area contributed by atoms with Gasteiger partial charge >= 0.3 is 7.12 Å². The molecule has 3 N–H and O–H groups in total. The molecule has 1 aliphatic heterocycles. The molecule has 6 nitrogen and oxygen atoms in total. The number of rotatable bonds is 6. The molecule has 0 spiro atoms. The molecule has 31 heavy (non-hydrogen) atoms. The summed E-state index contributed by atoms with van der Waals surface area (Å²) >= 11 is 0. The van der Waals surface area contributed by atoms with Crippen LogP contribution in [0.3, 0.4) is 0 Å². The van der Waals surface area contributed by atoms with E-state index in [0.717, 1.165) is 12.8 Å². The zero-order valence-corrected chi connectivity index (χ0v) is 18.4. The van der Waals surface area contributed by atoms with Crippen LogP contribution in [-0.4, -0.2) is 53.0 Å². The highest BCUT2D eigenvalue weighted by atomic mass is 16.4. The summed E-state index contributed by atoms with van der Waals surface area (Å²) in [6, 6.07) is 14.1. The fraction of sp³-hybridized carbons (Fsp3) is 0.417. The highest BCUT2D eigenvalue weighted by Crippen LogP contribution is 2.28. The molecule has 2 aromatic rings. The topological polar surface area (TPSA) is 89.9 Å². The summed E-state index contributed by atoms with van der Waals surface area (Å²) in [5.74, 6) is -0.0876. The van der Waals surface area contributed by atoms with Gasteiger partial charge in [-0.15, -0.1) is 0 Å². The predicted molar refractivity (Wildman–Crippen MR) is 122 cm³/mol. The summed E-state index contributed by atoms with van der Waals surface area (Å²) < 4.78 is 0. The lowest BCUT2D eigenvalue weighted by Crippen LogP contribution is -2.53. The SMILES string of the molecule is Cc1ccc(C2CCN(C(=O)C(NC(=O)c3cccc(B(O)O)c3)C(C)C)CC2)cc1. The minimum atomic E-state index is -1.65. The highest BCUT2D eigenvalue weighted by molar-refractivity contribution is 6.58. The first-order valence-corrected chi connectivity index (χ1v) is 10.9. The molecule has 0 bridgehead atoms. The van der Waals surface area contributed by atoms with Crippen molar-refractivity contribution in [3.63, 3.8) is 0 Å². The number of nitrogens with one attached hydrogen (secondary N) is 1. The normalized spacial score (nSPS) is 15.6. The van der Waals surface area contributed by atoms with Gasteiger partial charge in [0.25, 0.3) is 5.91 Å². The molecule has 1 fully saturated rings. The molecule has 1 unspecified atom stereocenters. The Morgan fingerprint density at radius 2 is 1.71 bits per heavy atom. The summed E-state index contributed by atoms with van der Waals surface area (Å²) in [5, 5.41) is 21.5. The van der Waals surface area contributed by atoms with Gasteiger partial charge in [0.1, 0.15) is 6.04 Å². The van der Waals surface area contributed by atoms with Gasteiger partial charge < -0.3 is 20.3 Å². The van der Waals surface area contributed by atoms with Crippen molar-refractivity contribution in [3.05, 3.63) is 65.2 Å². The third-order valence-corrected chi connectivity index (χ3v) is 6.02. The average molecular weight is 422 g/mol. The van der Waals surface area contributed by atoms with Crippen LogP contribution in [0.4, 0.5) is 0 Å². The lowest BCUT2D eigenvalue weighted by atomic mass is 9.79. The van der Waals surface area contributed by atoms with Crippen LogP contribution in [0, 0.1) is 12.8 Å². The zero-order chi connectivity index (χ0) is 22.5. The molecule has 0 aromatic heterocycles. The van der Waals surface area contributed by atoms with Crippen LogP contribution in [0.15, 0.2) is 48.5 Å². The second kappa shape index (κ2) is 10.1. The van der Waals surface area contributed by atoms with Gasteiger partial charge in [0.05, 0.1) is 0 Å². The highest BCUT2D eigenvalue weighted by Gasteiger charge is 2.32. The number of carbonyl (C=O) groups is 2. The van der Waals surface area contributed by atoms with Gasteiger partial charge in [-0.05, 0) is 54.8 Å². The number of amides is 2. The van der Waals surface area contributed by atoms with Gasteiger partial charge in [0.2, 0.25) is 5.91 Å². The van der Waals surface area contributed by atoms with E-state index >= 15 is 0 Å². The first-order valence-electron chi connectivity index (χ1n) is 10.9. The fourth-order valence-electron chi connectivity index (χ4n) is 4.05. The van der Waals surface area contributed by atoms with Crippen molar-refractivity contribution in [1.29, 1.82) is 0 Å². The lowest BCUT2D eigenvalue weighted by Gasteiger charge is -2.35. The summed E-state index contributed by atoms with van der Waals surface area (Å²) in [4.78, 5) is 27.8. The van der Waals surface area contributed by atoms with Crippen molar-refractivity contribution in [3.8, 4) is 0 Å². The predicted octanol–water partition coefficient (Wildman–Crippen LogP) is 1.84. The monoisotopic (exact) mass is 422 g/mol. The molecule has 1 saturated heterocycles. The molecule has 1 heterocycles. The molecule has 2 amide bonds. The molecular formula is C24H31BN2O4. The number of hydrogen-bond acceptors (Lipinski definition) is 4. The quantitative estimate of drug-likeness (QED) is 0.620. The number of carbonyl (C=O) groups excluding carboxylic acids is 2. The van der Waals surface area contributed by atoms with Gasteiger partial charge in [-0.3, -0.25) is 9.59 Å². The van der Waals surface area contributed by atoms with Crippen molar-refractivity contribution in [2.45, 2.75) is 45.6 Å². The van der Waals surface area contributed by atoms with Gasteiger partial charge in [0, 0.05) is 18.7 Å². The maximum atomic E-state index is 13.2. The van der Waals surface area contributed by atoms with Gasteiger partial charge in [-0.1, -0.05) is 55.8 Å². The van der Waals surface area contributed by atoms with E-state index in [-0.39, 0.29) is 17.3 Å². The molecule has 1 aliphatic rings. The van der Waals surface area contributed by atoms with Crippen LogP contribution in [0.1, 0.15) is 54.1 Å². The van der Waals surface area contributed by atoms with Gasteiger partial charge in [-0.2, -0.15) is 0 Å². The molecule has 0 aliphatic carbocycles. The first kappa shape index (κ1) is 23.0. The van der Waals surface area contributed by atoms with Crippen LogP contribution in [0.25, 0.3) is 0 Å². The van der Waals surface area contributed by atoms with E-state index in [2.05, 4.69) is 36.5 Å². The summed E-state index contributed by atoms with van der Waals surface area (Å²) in [6.45, 7) is 7.24. The molecule has 0 saturated carbocycles. The van der Waals surface area contributed by atoms with E-state index in [4.69, 9.17) is 0 Å². The van der Waals surface area contributed by atoms with E-state index < -0.39 is 19.1 Å². The van der Waals surface area contributed by atoms with E-state index in [9.17, 15) is 19.6 Å². The van der Waals surface area contributed by atoms with E-state index in [1.54, 1.807) is 12.1 Å². The third kappa shape index (κ3) is 5.74. The van der Waals surface area contributed by atoms with Crippen LogP contribution < -0.4 is 10.8 Å². The van der Waals surface area contributed by atoms with E-state index in [1.165, 1.54) is 23.3 Å². The minimum Gasteiger partial charge on any atom is -0.423 e. The number of nitrogens with zero attached hydrogens (tertiary/aromatic N) is 1. The number of hydrogen-bond donors (Lipinski definition) is 3. The summed E-state index contributed by atoms with van der Waals surface area (Å²) in [7, 11) is -1.65. The van der Waals surface area contributed by atoms with E-state index in [0.29, 0.717) is 24.6 Å². The summed E-state index contributed by atoms with van der Waals surface area (Å²) in [5.41, 5.74) is 3.09. The number of aryl methyl sites for hydroxylation is 1. The minimum absolute atomic E-state index is 0.0657. The van der Waals surface area contributed by atoms with Crippen molar-refractivity contribution in [1.82, 2.24) is 10.2 Å². The van der Waals surface area contributed by atoms with E-state index in [1.807, 2.05) is 18.7 Å². The Hall–Kier alpha value is -2.64. The molecule has 2 aromatic carbocycles. The van der Waals surface area contributed by atoms with Gasteiger partial charge in [-0.25, -0.2) is 0 Å². The Labute approximate surface area is 184 Å². The molecular weight excluding hydrogens is 391 g/mol. The maximum Gasteiger partial charge on any atom is 0.488 e. The van der Waals surface area contributed by atoms with Crippen molar-refractivity contribution in [2.24, 2.45) is 5.92 Å². The zero-order valence-electron chi connectivity index (χ0n) is 18.4. The Kier molecular flexibility index (Phi) is 7.52. The molecule has 3 rings (SSSR count).